The standard InChI is InChI=1S/C13H15BrF2/c14-10-6-3-1-2-5-9(10)13-11(15)7-4-8-12(13)16/h4,7-10H,1-3,5-6H2. The first-order chi connectivity index (χ1) is 7.70. The fraction of sp³-hybridized carbons (Fsp3) is 0.538. The Balaban J connectivity index is 2.33. The van der Waals surface area contributed by atoms with Gasteiger partial charge in [0.05, 0.1) is 0 Å². The van der Waals surface area contributed by atoms with Gasteiger partial charge in [-0.2, -0.15) is 0 Å². The lowest BCUT2D eigenvalue weighted by molar-refractivity contribution is 0.501. The molecule has 0 aliphatic heterocycles. The van der Waals surface area contributed by atoms with Crippen molar-refractivity contribution in [2.45, 2.75) is 42.8 Å². The minimum atomic E-state index is -0.406. The minimum Gasteiger partial charge on any atom is -0.207 e. The summed E-state index contributed by atoms with van der Waals surface area (Å²) in [4.78, 5) is 0.196. The Morgan fingerprint density at radius 3 is 2.31 bits per heavy atom. The van der Waals surface area contributed by atoms with Gasteiger partial charge in [0, 0.05) is 16.3 Å². The minimum absolute atomic E-state index is 0.0244. The Hall–Kier alpha value is -0.440. The van der Waals surface area contributed by atoms with Crippen LogP contribution in [0.1, 0.15) is 43.6 Å². The highest BCUT2D eigenvalue weighted by Gasteiger charge is 2.27. The van der Waals surface area contributed by atoms with Crippen molar-refractivity contribution in [3.63, 3.8) is 0 Å². The Labute approximate surface area is 103 Å². The molecule has 88 valence electrons. The Bertz CT molecular complexity index is 345. The molecule has 1 saturated carbocycles. The zero-order chi connectivity index (χ0) is 11.5. The highest BCUT2D eigenvalue weighted by Crippen LogP contribution is 2.38. The summed E-state index contributed by atoms with van der Waals surface area (Å²) in [6.07, 6.45) is 5.23. The topological polar surface area (TPSA) is 0 Å². The van der Waals surface area contributed by atoms with Crippen LogP contribution in [0.25, 0.3) is 0 Å². The summed E-state index contributed by atoms with van der Waals surface area (Å²) < 4.78 is 27.4. The first-order valence-corrected chi connectivity index (χ1v) is 6.69. The van der Waals surface area contributed by atoms with Gasteiger partial charge >= 0.3 is 0 Å². The highest BCUT2D eigenvalue weighted by molar-refractivity contribution is 9.09. The molecule has 0 heterocycles. The van der Waals surface area contributed by atoms with Crippen LogP contribution in [-0.2, 0) is 0 Å². The maximum absolute atomic E-state index is 13.7. The number of hydrogen-bond acceptors (Lipinski definition) is 0. The quantitative estimate of drug-likeness (QED) is 0.515. The van der Waals surface area contributed by atoms with E-state index in [1.807, 2.05) is 0 Å². The number of alkyl halides is 1. The first kappa shape index (κ1) is 12.0. The van der Waals surface area contributed by atoms with Crippen molar-refractivity contribution in [2.75, 3.05) is 0 Å². The van der Waals surface area contributed by atoms with E-state index in [1.54, 1.807) is 0 Å². The summed E-state index contributed by atoms with van der Waals surface area (Å²) in [5, 5.41) is 0. The summed E-state index contributed by atoms with van der Waals surface area (Å²) in [6, 6.07) is 4.13. The summed E-state index contributed by atoms with van der Waals surface area (Å²) in [7, 11) is 0. The SMILES string of the molecule is Fc1cccc(F)c1C1CCCCCC1Br. The molecule has 1 aromatic carbocycles. The molecular weight excluding hydrogens is 274 g/mol. The van der Waals surface area contributed by atoms with Gasteiger partial charge in [-0.25, -0.2) is 8.78 Å². The molecule has 1 aromatic rings. The van der Waals surface area contributed by atoms with Gasteiger partial charge in [0.25, 0.3) is 0 Å². The predicted octanol–water partition coefficient (Wildman–Crippen LogP) is 4.78. The first-order valence-electron chi connectivity index (χ1n) is 5.78. The lowest BCUT2D eigenvalue weighted by Crippen LogP contribution is -2.14. The lowest BCUT2D eigenvalue weighted by atomic mass is 9.91. The Morgan fingerprint density at radius 2 is 1.62 bits per heavy atom. The second kappa shape index (κ2) is 5.26. The zero-order valence-electron chi connectivity index (χ0n) is 9.06. The Morgan fingerprint density at radius 1 is 1.00 bits per heavy atom. The van der Waals surface area contributed by atoms with Crippen LogP contribution in [-0.4, -0.2) is 4.83 Å². The molecule has 0 saturated heterocycles. The fourth-order valence-corrected chi connectivity index (χ4v) is 3.30. The molecule has 1 fully saturated rings. The van der Waals surface area contributed by atoms with Crippen LogP contribution >= 0.6 is 15.9 Å². The van der Waals surface area contributed by atoms with Gasteiger partial charge < -0.3 is 0 Å². The molecule has 0 amide bonds. The molecule has 2 unspecified atom stereocenters. The average Bonchev–Trinajstić information content (AvgIpc) is 2.44. The summed E-state index contributed by atoms with van der Waals surface area (Å²) in [5.41, 5.74) is 0.270. The Kier molecular flexibility index (Phi) is 3.95. The zero-order valence-corrected chi connectivity index (χ0v) is 10.6. The van der Waals surface area contributed by atoms with E-state index in [9.17, 15) is 8.78 Å². The van der Waals surface area contributed by atoms with E-state index < -0.39 is 11.6 Å². The second-order valence-corrected chi connectivity index (χ2v) is 5.57. The van der Waals surface area contributed by atoms with Crippen LogP contribution in [0.15, 0.2) is 18.2 Å². The monoisotopic (exact) mass is 288 g/mol. The van der Waals surface area contributed by atoms with E-state index in [2.05, 4.69) is 15.9 Å². The van der Waals surface area contributed by atoms with E-state index in [1.165, 1.54) is 18.2 Å². The molecule has 0 spiro atoms. The fourth-order valence-electron chi connectivity index (χ4n) is 2.45. The lowest BCUT2D eigenvalue weighted by Gasteiger charge is -2.21. The van der Waals surface area contributed by atoms with Crippen molar-refractivity contribution in [2.24, 2.45) is 0 Å². The third-order valence-corrected chi connectivity index (χ3v) is 4.40. The van der Waals surface area contributed by atoms with Crippen molar-refractivity contribution >= 4 is 15.9 Å². The average molecular weight is 289 g/mol. The maximum Gasteiger partial charge on any atom is 0.129 e. The molecule has 0 radical (unpaired) electrons. The van der Waals surface area contributed by atoms with Gasteiger partial charge in [0.15, 0.2) is 0 Å². The van der Waals surface area contributed by atoms with Crippen LogP contribution in [0.4, 0.5) is 8.78 Å². The molecule has 3 heteroatoms. The van der Waals surface area contributed by atoms with Crippen LogP contribution in [0.3, 0.4) is 0 Å². The molecule has 0 N–H and O–H groups in total. The number of halogens is 3. The summed E-state index contributed by atoms with van der Waals surface area (Å²) >= 11 is 3.58. The maximum atomic E-state index is 13.7. The van der Waals surface area contributed by atoms with E-state index in [0.29, 0.717) is 0 Å². The van der Waals surface area contributed by atoms with E-state index in [0.717, 1.165) is 32.1 Å². The van der Waals surface area contributed by atoms with Crippen LogP contribution in [0.5, 0.6) is 0 Å². The number of rotatable bonds is 1. The van der Waals surface area contributed by atoms with Gasteiger partial charge in [0.1, 0.15) is 11.6 Å². The molecule has 1 aliphatic carbocycles. The van der Waals surface area contributed by atoms with Gasteiger partial charge in [-0.15, -0.1) is 0 Å². The van der Waals surface area contributed by atoms with Crippen molar-refractivity contribution in [1.29, 1.82) is 0 Å². The van der Waals surface area contributed by atoms with Crippen molar-refractivity contribution < 1.29 is 8.78 Å². The molecule has 0 bridgehead atoms. The second-order valence-electron chi connectivity index (χ2n) is 4.40. The molecular formula is C13H15BrF2. The van der Waals surface area contributed by atoms with Crippen LogP contribution < -0.4 is 0 Å². The highest BCUT2D eigenvalue weighted by atomic mass is 79.9. The summed E-state index contributed by atoms with van der Waals surface area (Å²) in [5.74, 6) is -0.837. The molecule has 2 atom stereocenters. The number of benzene rings is 1. The largest absolute Gasteiger partial charge is 0.207 e. The van der Waals surface area contributed by atoms with Gasteiger partial charge in [-0.1, -0.05) is 41.3 Å². The van der Waals surface area contributed by atoms with Crippen LogP contribution in [0, 0.1) is 11.6 Å². The predicted molar refractivity (Wildman–Crippen MR) is 64.9 cm³/mol. The van der Waals surface area contributed by atoms with E-state index in [-0.39, 0.29) is 16.3 Å². The third kappa shape index (κ3) is 2.45. The molecule has 1 aliphatic rings. The van der Waals surface area contributed by atoms with E-state index >= 15 is 0 Å². The van der Waals surface area contributed by atoms with E-state index in [4.69, 9.17) is 0 Å². The van der Waals surface area contributed by atoms with Gasteiger partial charge in [0.2, 0.25) is 0 Å². The normalized spacial score (nSPS) is 26.4. The van der Waals surface area contributed by atoms with Crippen LogP contribution in [0.2, 0.25) is 0 Å². The van der Waals surface area contributed by atoms with Gasteiger partial charge in [-0.3, -0.25) is 0 Å². The van der Waals surface area contributed by atoms with Crippen molar-refractivity contribution in [3.8, 4) is 0 Å². The smallest absolute Gasteiger partial charge is 0.129 e. The van der Waals surface area contributed by atoms with Crippen molar-refractivity contribution in [3.05, 3.63) is 35.4 Å². The number of hydrogen-bond donors (Lipinski definition) is 0. The molecule has 0 nitrogen and oxygen atoms in total. The van der Waals surface area contributed by atoms with Crippen molar-refractivity contribution in [1.82, 2.24) is 0 Å². The summed E-state index contributed by atoms with van der Waals surface area (Å²) in [6.45, 7) is 0. The molecule has 2 rings (SSSR count). The van der Waals surface area contributed by atoms with Gasteiger partial charge in [-0.05, 0) is 25.0 Å². The molecule has 16 heavy (non-hydrogen) atoms. The third-order valence-electron chi connectivity index (χ3n) is 3.30. The molecule has 0 aromatic heterocycles.